The van der Waals surface area contributed by atoms with Crippen LogP contribution in [0.3, 0.4) is 0 Å². The lowest BCUT2D eigenvalue weighted by molar-refractivity contribution is -0.0601. The van der Waals surface area contributed by atoms with Crippen molar-refractivity contribution in [3.63, 3.8) is 0 Å². The van der Waals surface area contributed by atoms with Gasteiger partial charge in [-0.25, -0.2) is 9.78 Å². The maximum absolute atomic E-state index is 11.2. The summed E-state index contributed by atoms with van der Waals surface area (Å²) in [5, 5.41) is 3.94. The van der Waals surface area contributed by atoms with Gasteiger partial charge in [0.15, 0.2) is 5.13 Å². The van der Waals surface area contributed by atoms with Crippen LogP contribution < -0.4 is 5.32 Å². The number of carbonyl (C=O) groups excluding carboxylic acids is 1. The fraction of sp³-hybridized carbons (Fsp3) is 0.636. The molecule has 0 aliphatic heterocycles. The molecule has 1 aliphatic carbocycles. The standard InChI is InChI=1S/C11H16N2O3S/c1-15-9(14)8-6-12-10(17-8)13-7-11(16-2)4-3-5-11/h6H,3-5,7H2,1-2H3,(H,12,13). The van der Waals surface area contributed by atoms with Crippen molar-refractivity contribution in [1.29, 1.82) is 0 Å². The minimum absolute atomic E-state index is 0.0445. The Morgan fingerprint density at radius 1 is 1.59 bits per heavy atom. The summed E-state index contributed by atoms with van der Waals surface area (Å²) in [4.78, 5) is 15.9. The van der Waals surface area contributed by atoms with Gasteiger partial charge < -0.3 is 14.8 Å². The number of methoxy groups -OCH3 is 2. The molecule has 1 aliphatic rings. The summed E-state index contributed by atoms with van der Waals surface area (Å²) in [6.07, 6.45) is 4.89. The van der Waals surface area contributed by atoms with Crippen molar-refractivity contribution in [1.82, 2.24) is 4.98 Å². The molecule has 0 bridgehead atoms. The van der Waals surface area contributed by atoms with Crippen LogP contribution >= 0.6 is 11.3 Å². The monoisotopic (exact) mass is 256 g/mol. The van der Waals surface area contributed by atoms with Gasteiger partial charge in [0.1, 0.15) is 4.88 Å². The molecule has 1 fully saturated rings. The topological polar surface area (TPSA) is 60.5 Å². The largest absolute Gasteiger partial charge is 0.465 e. The second-order valence-electron chi connectivity index (χ2n) is 4.12. The number of nitrogens with one attached hydrogen (secondary N) is 1. The van der Waals surface area contributed by atoms with Crippen molar-refractivity contribution < 1.29 is 14.3 Å². The van der Waals surface area contributed by atoms with Gasteiger partial charge in [-0.1, -0.05) is 11.3 Å². The predicted octanol–water partition coefficient (Wildman–Crippen LogP) is 1.91. The predicted molar refractivity (Wildman–Crippen MR) is 65.5 cm³/mol. The lowest BCUT2D eigenvalue weighted by Crippen LogP contribution is -2.45. The Hall–Kier alpha value is -1.14. The first kappa shape index (κ1) is 12.3. The highest BCUT2D eigenvalue weighted by Gasteiger charge is 2.36. The summed E-state index contributed by atoms with van der Waals surface area (Å²) in [5.41, 5.74) is -0.0445. The van der Waals surface area contributed by atoms with E-state index in [2.05, 4.69) is 15.0 Å². The Balaban J connectivity index is 1.91. The molecule has 0 radical (unpaired) electrons. The minimum atomic E-state index is -0.347. The Morgan fingerprint density at radius 3 is 2.88 bits per heavy atom. The highest BCUT2D eigenvalue weighted by Crippen LogP contribution is 2.35. The van der Waals surface area contributed by atoms with Crippen LogP contribution in [-0.2, 0) is 9.47 Å². The van der Waals surface area contributed by atoms with Crippen LogP contribution in [0.25, 0.3) is 0 Å². The molecule has 6 heteroatoms. The van der Waals surface area contributed by atoms with Gasteiger partial charge in [-0.05, 0) is 19.3 Å². The number of hydrogen-bond acceptors (Lipinski definition) is 6. The third-order valence-corrected chi connectivity index (χ3v) is 4.09. The summed E-state index contributed by atoms with van der Waals surface area (Å²) in [6.45, 7) is 0.734. The highest BCUT2D eigenvalue weighted by atomic mass is 32.1. The van der Waals surface area contributed by atoms with Gasteiger partial charge in [0.2, 0.25) is 0 Å². The van der Waals surface area contributed by atoms with Crippen LogP contribution in [0.1, 0.15) is 28.9 Å². The van der Waals surface area contributed by atoms with E-state index in [1.54, 1.807) is 7.11 Å². The number of ether oxygens (including phenoxy) is 2. The zero-order valence-electron chi connectivity index (χ0n) is 9.99. The molecule has 0 amide bonds. The van der Waals surface area contributed by atoms with Gasteiger partial charge in [-0.2, -0.15) is 0 Å². The molecule has 5 nitrogen and oxygen atoms in total. The van der Waals surface area contributed by atoms with E-state index in [0.717, 1.165) is 24.5 Å². The molecule has 2 rings (SSSR count). The lowest BCUT2D eigenvalue weighted by atomic mass is 9.80. The number of anilines is 1. The summed E-state index contributed by atoms with van der Waals surface area (Å²) in [6, 6.07) is 0. The van der Waals surface area contributed by atoms with Crippen molar-refractivity contribution in [2.75, 3.05) is 26.1 Å². The summed E-state index contributed by atoms with van der Waals surface area (Å²) in [7, 11) is 3.10. The number of hydrogen-bond donors (Lipinski definition) is 1. The molecule has 1 N–H and O–H groups in total. The molecule has 1 heterocycles. The first-order valence-electron chi connectivity index (χ1n) is 5.52. The third kappa shape index (κ3) is 2.58. The van der Waals surface area contributed by atoms with Crippen molar-refractivity contribution in [3.05, 3.63) is 11.1 Å². The normalized spacial score (nSPS) is 17.3. The van der Waals surface area contributed by atoms with Gasteiger partial charge in [-0.15, -0.1) is 0 Å². The molecule has 94 valence electrons. The van der Waals surface area contributed by atoms with E-state index in [9.17, 15) is 4.79 Å². The van der Waals surface area contributed by atoms with Crippen molar-refractivity contribution in [2.24, 2.45) is 0 Å². The summed E-state index contributed by atoms with van der Waals surface area (Å²) in [5.74, 6) is -0.347. The highest BCUT2D eigenvalue weighted by molar-refractivity contribution is 7.17. The second kappa shape index (κ2) is 5.01. The second-order valence-corrected chi connectivity index (χ2v) is 5.15. The van der Waals surface area contributed by atoms with E-state index in [1.165, 1.54) is 31.1 Å². The van der Waals surface area contributed by atoms with Crippen LogP contribution in [0, 0.1) is 0 Å². The van der Waals surface area contributed by atoms with Gasteiger partial charge in [0.05, 0.1) is 18.9 Å². The molecule has 1 aromatic heterocycles. The molecular formula is C11H16N2O3S. The van der Waals surface area contributed by atoms with Crippen molar-refractivity contribution in [2.45, 2.75) is 24.9 Å². The molecule has 17 heavy (non-hydrogen) atoms. The van der Waals surface area contributed by atoms with E-state index in [0.29, 0.717) is 4.88 Å². The average molecular weight is 256 g/mol. The van der Waals surface area contributed by atoms with Crippen LogP contribution in [0.2, 0.25) is 0 Å². The Kier molecular flexibility index (Phi) is 3.63. The van der Waals surface area contributed by atoms with Gasteiger partial charge >= 0.3 is 5.97 Å². The van der Waals surface area contributed by atoms with Gasteiger partial charge in [0.25, 0.3) is 0 Å². The van der Waals surface area contributed by atoms with E-state index in [-0.39, 0.29) is 11.6 Å². The number of rotatable bonds is 5. The quantitative estimate of drug-likeness (QED) is 0.815. The molecule has 1 saturated carbocycles. The number of aromatic nitrogens is 1. The minimum Gasteiger partial charge on any atom is -0.465 e. The number of esters is 1. The molecule has 0 aromatic carbocycles. The van der Waals surface area contributed by atoms with Crippen LogP contribution in [0.15, 0.2) is 6.20 Å². The first-order chi connectivity index (χ1) is 8.19. The molecule has 0 saturated heterocycles. The van der Waals surface area contributed by atoms with E-state index in [4.69, 9.17) is 4.74 Å². The Bertz CT molecular complexity index is 396. The lowest BCUT2D eigenvalue weighted by Gasteiger charge is -2.40. The summed E-state index contributed by atoms with van der Waals surface area (Å²) < 4.78 is 10.1. The SMILES string of the molecule is COC(=O)c1cnc(NCC2(OC)CCC2)s1. The Morgan fingerprint density at radius 2 is 2.35 bits per heavy atom. The van der Waals surface area contributed by atoms with E-state index < -0.39 is 0 Å². The van der Waals surface area contributed by atoms with Crippen molar-refractivity contribution in [3.8, 4) is 0 Å². The smallest absolute Gasteiger partial charge is 0.349 e. The molecule has 0 spiro atoms. The fourth-order valence-electron chi connectivity index (χ4n) is 1.81. The summed E-state index contributed by atoms with van der Waals surface area (Å²) >= 11 is 1.30. The van der Waals surface area contributed by atoms with Crippen molar-refractivity contribution >= 4 is 22.4 Å². The number of carbonyl (C=O) groups is 1. The number of nitrogens with zero attached hydrogens (tertiary/aromatic N) is 1. The molecule has 1 aromatic rings. The molecule has 0 unspecified atom stereocenters. The first-order valence-corrected chi connectivity index (χ1v) is 6.34. The van der Waals surface area contributed by atoms with E-state index in [1.807, 2.05) is 0 Å². The van der Waals surface area contributed by atoms with Gasteiger partial charge in [0, 0.05) is 13.7 Å². The number of thiazole rings is 1. The van der Waals surface area contributed by atoms with Crippen LogP contribution in [-0.4, -0.2) is 37.3 Å². The molecule has 0 atom stereocenters. The average Bonchev–Trinajstić information content (AvgIpc) is 2.76. The zero-order chi connectivity index (χ0) is 12.3. The third-order valence-electron chi connectivity index (χ3n) is 3.15. The maximum atomic E-state index is 11.2. The maximum Gasteiger partial charge on any atom is 0.349 e. The zero-order valence-corrected chi connectivity index (χ0v) is 10.8. The van der Waals surface area contributed by atoms with Crippen LogP contribution in [0.4, 0.5) is 5.13 Å². The molecular weight excluding hydrogens is 240 g/mol. The van der Waals surface area contributed by atoms with Gasteiger partial charge in [-0.3, -0.25) is 0 Å². The van der Waals surface area contributed by atoms with E-state index >= 15 is 0 Å². The van der Waals surface area contributed by atoms with Crippen LogP contribution in [0.5, 0.6) is 0 Å². The fourth-order valence-corrected chi connectivity index (χ4v) is 2.54. The Labute approximate surface area is 104 Å².